The van der Waals surface area contributed by atoms with E-state index in [1.54, 1.807) is 0 Å². The Balaban J connectivity index is 2.93. The molecule has 1 heterocycles. The van der Waals surface area contributed by atoms with E-state index >= 15 is 0 Å². The van der Waals surface area contributed by atoms with Crippen LogP contribution in [0.25, 0.3) is 0 Å². The summed E-state index contributed by atoms with van der Waals surface area (Å²) in [6.07, 6.45) is 4.94. The van der Waals surface area contributed by atoms with Crippen LogP contribution in [0.3, 0.4) is 0 Å². The summed E-state index contributed by atoms with van der Waals surface area (Å²) in [4.78, 5) is 5.45. The van der Waals surface area contributed by atoms with Gasteiger partial charge >= 0.3 is 0 Å². The molecule has 0 radical (unpaired) electrons. The Kier molecular flexibility index (Phi) is 4.99. The molecular formula is C14H32B2N2. The topological polar surface area (TPSA) is 6.48 Å². The minimum absolute atomic E-state index is 0.290. The summed E-state index contributed by atoms with van der Waals surface area (Å²) >= 11 is 0. The summed E-state index contributed by atoms with van der Waals surface area (Å²) in [5, 5.41) is 0. The fourth-order valence-electron chi connectivity index (χ4n) is 3.29. The van der Waals surface area contributed by atoms with Crippen LogP contribution >= 0.6 is 0 Å². The van der Waals surface area contributed by atoms with Gasteiger partial charge in [-0.2, -0.15) is 0 Å². The van der Waals surface area contributed by atoms with Crippen molar-refractivity contribution in [3.8, 4) is 0 Å². The van der Waals surface area contributed by atoms with E-state index in [-0.39, 0.29) is 11.1 Å². The van der Waals surface area contributed by atoms with Crippen LogP contribution in [0.1, 0.15) is 55.4 Å². The van der Waals surface area contributed by atoms with Crippen LogP contribution in [0.15, 0.2) is 0 Å². The molecule has 18 heavy (non-hydrogen) atoms. The number of rotatable bonds is 2. The molecule has 1 saturated heterocycles. The van der Waals surface area contributed by atoms with Crippen molar-refractivity contribution in [3.05, 3.63) is 0 Å². The Hall–Kier alpha value is 0.0499. The zero-order chi connectivity index (χ0) is 14.1. The molecule has 2 nitrogen and oxygen atoms in total. The molecule has 0 aromatic carbocycles. The van der Waals surface area contributed by atoms with Crippen LogP contribution in [-0.4, -0.2) is 47.3 Å². The van der Waals surface area contributed by atoms with Gasteiger partial charge in [0.1, 0.15) is 0 Å². The lowest BCUT2D eigenvalue weighted by Crippen LogP contribution is -2.70. The van der Waals surface area contributed by atoms with Crippen LogP contribution in [0.4, 0.5) is 0 Å². The molecule has 1 aliphatic heterocycles. The van der Waals surface area contributed by atoms with Gasteiger partial charge in [-0.05, 0) is 54.4 Å². The molecule has 0 bridgehead atoms. The zero-order valence-corrected chi connectivity index (χ0v) is 13.9. The normalized spacial score (nSPS) is 20.7. The van der Waals surface area contributed by atoms with Crippen molar-refractivity contribution in [2.24, 2.45) is 0 Å². The highest BCUT2D eigenvalue weighted by Gasteiger charge is 2.43. The monoisotopic (exact) mass is 250 g/mol. The highest BCUT2D eigenvalue weighted by molar-refractivity contribution is 6.66. The Bertz CT molecular complexity index is 240. The lowest BCUT2D eigenvalue weighted by Gasteiger charge is -2.53. The van der Waals surface area contributed by atoms with Crippen LogP contribution in [0.2, 0.25) is 12.6 Å². The van der Waals surface area contributed by atoms with E-state index in [1.807, 2.05) is 0 Å². The van der Waals surface area contributed by atoms with Gasteiger partial charge in [0.15, 0.2) is 0 Å². The van der Waals surface area contributed by atoms with Gasteiger partial charge in [0, 0.05) is 11.1 Å². The quantitative estimate of drug-likeness (QED) is 0.693. The number of hydrogen-bond donors (Lipinski definition) is 0. The van der Waals surface area contributed by atoms with Crippen LogP contribution in [0.5, 0.6) is 0 Å². The summed E-state index contributed by atoms with van der Waals surface area (Å²) in [6.45, 7) is 20.2. The number of nitrogens with zero attached hydrogens (tertiary/aromatic N) is 2. The minimum Gasteiger partial charge on any atom is -0.342 e. The van der Waals surface area contributed by atoms with Gasteiger partial charge in [-0.15, -0.1) is 0 Å². The fourth-order valence-corrected chi connectivity index (χ4v) is 3.29. The van der Waals surface area contributed by atoms with Crippen LogP contribution in [0, 0.1) is 0 Å². The Labute approximate surface area is 116 Å². The molecule has 0 amide bonds. The second-order valence-electron chi connectivity index (χ2n) is 7.77. The van der Waals surface area contributed by atoms with Crippen LogP contribution in [-0.2, 0) is 0 Å². The predicted molar refractivity (Wildman–Crippen MR) is 85.4 cm³/mol. The first-order chi connectivity index (χ1) is 8.11. The Morgan fingerprint density at radius 3 is 1.17 bits per heavy atom. The molecule has 104 valence electrons. The van der Waals surface area contributed by atoms with E-state index < -0.39 is 0 Å². The third-order valence-corrected chi connectivity index (χ3v) is 4.36. The van der Waals surface area contributed by atoms with Gasteiger partial charge < -0.3 is 9.62 Å². The number of hydrogen-bond acceptors (Lipinski definition) is 2. The van der Waals surface area contributed by atoms with Gasteiger partial charge in [-0.25, -0.2) is 0 Å². The third kappa shape index (κ3) is 3.54. The summed E-state index contributed by atoms with van der Waals surface area (Å²) in [5.41, 5.74) is 0.580. The highest BCUT2D eigenvalue weighted by Crippen LogP contribution is 2.28. The summed E-state index contributed by atoms with van der Waals surface area (Å²) < 4.78 is 0. The van der Waals surface area contributed by atoms with Crippen molar-refractivity contribution in [3.63, 3.8) is 0 Å². The first-order valence-electron chi connectivity index (χ1n) is 7.64. The lowest BCUT2D eigenvalue weighted by molar-refractivity contribution is 0.209. The van der Waals surface area contributed by atoms with Gasteiger partial charge in [-0.3, -0.25) is 0 Å². The molecule has 0 atom stereocenters. The minimum atomic E-state index is 0.290. The maximum Gasteiger partial charge on any atom is 0.236 e. The standard InChI is InChI=1S/C14H32B2N2/c1-9-15-11-18(14(6,7)8)16(10-2)12-17(15)13(3,4)5/h9-12H2,1-8H3. The third-order valence-electron chi connectivity index (χ3n) is 4.36. The van der Waals surface area contributed by atoms with Crippen molar-refractivity contribution in [2.75, 3.05) is 12.9 Å². The zero-order valence-electron chi connectivity index (χ0n) is 13.9. The second-order valence-corrected chi connectivity index (χ2v) is 7.77. The SMILES string of the molecule is CCB1CN(C(C)(C)C)B(CC)CN1C(C)(C)C. The Morgan fingerprint density at radius 1 is 0.722 bits per heavy atom. The lowest BCUT2D eigenvalue weighted by atomic mass is 9.42. The van der Waals surface area contributed by atoms with Gasteiger partial charge in [0.05, 0.1) is 0 Å². The molecule has 0 saturated carbocycles. The maximum absolute atomic E-state index is 2.73. The predicted octanol–water partition coefficient (Wildman–Crippen LogP) is 3.30. The van der Waals surface area contributed by atoms with Gasteiger partial charge in [0.25, 0.3) is 0 Å². The molecular weight excluding hydrogens is 218 g/mol. The van der Waals surface area contributed by atoms with Crippen LogP contribution < -0.4 is 0 Å². The summed E-state index contributed by atoms with van der Waals surface area (Å²) in [6, 6.07) is 0. The van der Waals surface area contributed by atoms with Crippen molar-refractivity contribution in [1.82, 2.24) is 9.62 Å². The molecule has 0 N–H and O–H groups in total. The highest BCUT2D eigenvalue weighted by atomic mass is 15.2. The molecule has 0 aromatic rings. The van der Waals surface area contributed by atoms with Gasteiger partial charge in [0.2, 0.25) is 13.7 Å². The molecule has 1 aliphatic rings. The van der Waals surface area contributed by atoms with E-state index in [0.717, 1.165) is 0 Å². The van der Waals surface area contributed by atoms with Crippen molar-refractivity contribution in [1.29, 1.82) is 0 Å². The fraction of sp³-hybridized carbons (Fsp3) is 1.00. The van der Waals surface area contributed by atoms with E-state index in [0.29, 0.717) is 13.7 Å². The van der Waals surface area contributed by atoms with Crippen molar-refractivity contribution in [2.45, 2.75) is 79.1 Å². The summed E-state index contributed by atoms with van der Waals surface area (Å²) in [7, 11) is 0. The largest absolute Gasteiger partial charge is 0.342 e. The van der Waals surface area contributed by atoms with Crippen molar-refractivity contribution >= 4 is 13.7 Å². The smallest absolute Gasteiger partial charge is 0.236 e. The Morgan fingerprint density at radius 2 is 1.00 bits per heavy atom. The molecule has 0 aliphatic carbocycles. The van der Waals surface area contributed by atoms with E-state index in [9.17, 15) is 0 Å². The second kappa shape index (κ2) is 5.58. The van der Waals surface area contributed by atoms with Crippen molar-refractivity contribution < 1.29 is 0 Å². The molecule has 4 heteroatoms. The van der Waals surface area contributed by atoms with Gasteiger partial charge in [-0.1, -0.05) is 26.5 Å². The first kappa shape index (κ1) is 16.1. The molecule has 1 fully saturated rings. The average molecular weight is 250 g/mol. The van der Waals surface area contributed by atoms with E-state index in [2.05, 4.69) is 65.0 Å². The van der Waals surface area contributed by atoms with E-state index in [4.69, 9.17) is 0 Å². The maximum atomic E-state index is 2.73. The average Bonchev–Trinajstić information content (AvgIpc) is 2.24. The summed E-state index contributed by atoms with van der Waals surface area (Å²) in [5.74, 6) is 0. The van der Waals surface area contributed by atoms with E-state index in [1.165, 1.54) is 25.5 Å². The molecule has 0 spiro atoms. The molecule has 0 aromatic heterocycles. The first-order valence-corrected chi connectivity index (χ1v) is 7.64. The molecule has 1 rings (SSSR count). The molecule has 0 unspecified atom stereocenters.